The quantitative estimate of drug-likeness (QED) is 0.156. The second-order valence-electron chi connectivity index (χ2n) is 14.3. The standard InChI is InChI=1S/C54H36N4/c1-5-16-38(17-6-1)48-36-51(56-53(55-48)43-22-11-4-12-23-43)41-32-30-37(31-33-41)46-28-14-24-42-25-15-29-47(52(42)46)44-26-13-27-45(34-44)54-57-49(39-18-7-2-8-19-39)35-50(58-54)40-20-9-3-10-21-40/h1-36H. The number of benzene rings is 8. The molecule has 272 valence electrons. The van der Waals surface area contributed by atoms with Crippen molar-refractivity contribution < 1.29 is 0 Å². The van der Waals surface area contributed by atoms with Crippen molar-refractivity contribution in [2.24, 2.45) is 0 Å². The van der Waals surface area contributed by atoms with E-state index in [1.54, 1.807) is 0 Å². The van der Waals surface area contributed by atoms with Crippen molar-refractivity contribution in [3.8, 4) is 90.1 Å². The van der Waals surface area contributed by atoms with Gasteiger partial charge in [-0.15, -0.1) is 0 Å². The van der Waals surface area contributed by atoms with Gasteiger partial charge in [-0.25, -0.2) is 19.9 Å². The minimum atomic E-state index is 0.689. The molecule has 0 spiro atoms. The molecule has 2 aromatic heterocycles. The maximum Gasteiger partial charge on any atom is 0.160 e. The first-order valence-corrected chi connectivity index (χ1v) is 19.5. The first-order valence-electron chi connectivity index (χ1n) is 19.5. The Morgan fingerprint density at radius 3 is 1.05 bits per heavy atom. The Balaban J connectivity index is 1.05. The van der Waals surface area contributed by atoms with Crippen LogP contribution < -0.4 is 0 Å². The molecule has 10 aromatic rings. The molecule has 0 atom stereocenters. The van der Waals surface area contributed by atoms with Gasteiger partial charge in [0.25, 0.3) is 0 Å². The molecule has 10 rings (SSSR count). The van der Waals surface area contributed by atoms with Crippen molar-refractivity contribution in [3.05, 3.63) is 218 Å². The number of rotatable bonds is 8. The Kier molecular flexibility index (Phi) is 9.18. The number of fused-ring (bicyclic) bond motifs is 1. The van der Waals surface area contributed by atoms with Crippen LogP contribution in [0.25, 0.3) is 101 Å². The monoisotopic (exact) mass is 740 g/mol. The van der Waals surface area contributed by atoms with E-state index in [2.05, 4.69) is 146 Å². The summed E-state index contributed by atoms with van der Waals surface area (Å²) in [4.78, 5) is 20.3. The lowest BCUT2D eigenvalue weighted by molar-refractivity contribution is 1.18. The molecule has 0 aliphatic rings. The topological polar surface area (TPSA) is 51.6 Å². The second kappa shape index (κ2) is 15.4. The summed E-state index contributed by atoms with van der Waals surface area (Å²) in [6.45, 7) is 0. The Hall–Kier alpha value is -7.82. The van der Waals surface area contributed by atoms with Gasteiger partial charge in [-0.05, 0) is 51.2 Å². The third-order valence-electron chi connectivity index (χ3n) is 10.5. The molecule has 0 amide bonds. The molecule has 0 N–H and O–H groups in total. The lowest BCUT2D eigenvalue weighted by Gasteiger charge is -2.14. The van der Waals surface area contributed by atoms with Crippen LogP contribution in [0, 0.1) is 0 Å². The van der Waals surface area contributed by atoms with Gasteiger partial charge < -0.3 is 0 Å². The van der Waals surface area contributed by atoms with Crippen molar-refractivity contribution in [3.63, 3.8) is 0 Å². The predicted molar refractivity (Wildman–Crippen MR) is 239 cm³/mol. The molecular formula is C54H36N4. The summed E-state index contributed by atoms with van der Waals surface area (Å²) in [5.41, 5.74) is 14.2. The van der Waals surface area contributed by atoms with Crippen molar-refractivity contribution in [1.82, 2.24) is 19.9 Å². The van der Waals surface area contributed by atoms with Crippen LogP contribution in [-0.4, -0.2) is 19.9 Å². The molecule has 2 heterocycles. The zero-order valence-corrected chi connectivity index (χ0v) is 31.6. The second-order valence-corrected chi connectivity index (χ2v) is 14.3. The Labute approximate surface area is 337 Å². The first-order chi connectivity index (χ1) is 28.7. The molecule has 0 bridgehead atoms. The van der Waals surface area contributed by atoms with Gasteiger partial charge in [0.15, 0.2) is 11.6 Å². The van der Waals surface area contributed by atoms with Gasteiger partial charge in [-0.3, -0.25) is 0 Å². The molecule has 4 nitrogen and oxygen atoms in total. The van der Waals surface area contributed by atoms with E-state index < -0.39 is 0 Å². The largest absolute Gasteiger partial charge is 0.228 e. The van der Waals surface area contributed by atoms with E-state index in [-0.39, 0.29) is 0 Å². The minimum absolute atomic E-state index is 0.689. The average Bonchev–Trinajstić information content (AvgIpc) is 3.32. The molecule has 4 heteroatoms. The average molecular weight is 741 g/mol. The lowest BCUT2D eigenvalue weighted by Crippen LogP contribution is -1.96. The van der Waals surface area contributed by atoms with Crippen LogP contribution >= 0.6 is 0 Å². The van der Waals surface area contributed by atoms with E-state index in [0.717, 1.165) is 78.4 Å². The summed E-state index contributed by atoms with van der Waals surface area (Å²) < 4.78 is 0. The van der Waals surface area contributed by atoms with E-state index in [1.165, 1.54) is 10.8 Å². The van der Waals surface area contributed by atoms with E-state index in [1.807, 2.05) is 72.8 Å². The molecule has 0 fully saturated rings. The summed E-state index contributed by atoms with van der Waals surface area (Å²) in [5.74, 6) is 1.39. The van der Waals surface area contributed by atoms with Gasteiger partial charge in [-0.1, -0.05) is 200 Å². The van der Waals surface area contributed by atoms with Gasteiger partial charge in [0.1, 0.15) is 0 Å². The molecule has 8 aromatic carbocycles. The van der Waals surface area contributed by atoms with E-state index in [9.17, 15) is 0 Å². The van der Waals surface area contributed by atoms with E-state index >= 15 is 0 Å². The number of hydrogen-bond donors (Lipinski definition) is 0. The summed E-state index contributed by atoms with van der Waals surface area (Å²) in [6, 6.07) is 75.7. The van der Waals surface area contributed by atoms with Crippen LogP contribution in [0.1, 0.15) is 0 Å². The van der Waals surface area contributed by atoms with Crippen molar-refractivity contribution >= 4 is 10.8 Å². The maximum absolute atomic E-state index is 5.12. The van der Waals surface area contributed by atoms with Crippen LogP contribution in [0.5, 0.6) is 0 Å². The Morgan fingerprint density at radius 2 is 0.569 bits per heavy atom. The van der Waals surface area contributed by atoms with Crippen LogP contribution in [0.4, 0.5) is 0 Å². The molecule has 58 heavy (non-hydrogen) atoms. The number of hydrogen-bond acceptors (Lipinski definition) is 4. The fourth-order valence-corrected chi connectivity index (χ4v) is 7.63. The molecule has 0 radical (unpaired) electrons. The minimum Gasteiger partial charge on any atom is -0.228 e. The summed E-state index contributed by atoms with van der Waals surface area (Å²) in [6.07, 6.45) is 0. The molecule has 0 saturated carbocycles. The fourth-order valence-electron chi connectivity index (χ4n) is 7.63. The SMILES string of the molecule is c1ccc(-c2cc(-c3ccc(-c4cccc5cccc(-c6cccc(-c7nc(-c8ccccc8)cc(-c8ccccc8)n7)c6)c45)cc3)nc(-c3ccccc3)n2)cc1. The summed E-state index contributed by atoms with van der Waals surface area (Å²) in [7, 11) is 0. The summed E-state index contributed by atoms with van der Waals surface area (Å²) in [5, 5.41) is 2.37. The Morgan fingerprint density at radius 1 is 0.224 bits per heavy atom. The van der Waals surface area contributed by atoms with Gasteiger partial charge >= 0.3 is 0 Å². The first kappa shape index (κ1) is 34.7. The van der Waals surface area contributed by atoms with E-state index in [0.29, 0.717) is 11.6 Å². The molecule has 0 saturated heterocycles. The highest BCUT2D eigenvalue weighted by atomic mass is 14.9. The van der Waals surface area contributed by atoms with Crippen LogP contribution in [0.15, 0.2) is 218 Å². The number of nitrogens with zero attached hydrogens (tertiary/aromatic N) is 4. The molecule has 0 unspecified atom stereocenters. The molecule has 0 aliphatic carbocycles. The van der Waals surface area contributed by atoms with Crippen molar-refractivity contribution in [2.75, 3.05) is 0 Å². The zero-order valence-electron chi connectivity index (χ0n) is 31.6. The van der Waals surface area contributed by atoms with Gasteiger partial charge in [0.2, 0.25) is 0 Å². The van der Waals surface area contributed by atoms with Gasteiger partial charge in [0, 0.05) is 33.4 Å². The van der Waals surface area contributed by atoms with Crippen LogP contribution in [-0.2, 0) is 0 Å². The summed E-state index contributed by atoms with van der Waals surface area (Å²) >= 11 is 0. The van der Waals surface area contributed by atoms with Crippen molar-refractivity contribution in [2.45, 2.75) is 0 Å². The van der Waals surface area contributed by atoms with Gasteiger partial charge in [-0.2, -0.15) is 0 Å². The number of aromatic nitrogens is 4. The van der Waals surface area contributed by atoms with Crippen molar-refractivity contribution in [1.29, 1.82) is 0 Å². The normalized spacial score (nSPS) is 11.1. The lowest BCUT2D eigenvalue weighted by atomic mass is 9.90. The predicted octanol–water partition coefficient (Wildman–Crippen LogP) is 13.8. The highest BCUT2D eigenvalue weighted by Crippen LogP contribution is 2.39. The maximum atomic E-state index is 5.12. The van der Waals surface area contributed by atoms with Crippen LogP contribution in [0.3, 0.4) is 0 Å². The van der Waals surface area contributed by atoms with Crippen LogP contribution in [0.2, 0.25) is 0 Å². The molecular weight excluding hydrogens is 705 g/mol. The third kappa shape index (κ3) is 6.95. The third-order valence-corrected chi connectivity index (χ3v) is 10.5. The zero-order chi connectivity index (χ0) is 38.7. The smallest absolute Gasteiger partial charge is 0.160 e. The van der Waals surface area contributed by atoms with E-state index in [4.69, 9.17) is 19.9 Å². The molecule has 0 aliphatic heterocycles. The Bertz CT molecular complexity index is 2900. The fraction of sp³-hybridized carbons (Fsp3) is 0. The van der Waals surface area contributed by atoms with Gasteiger partial charge in [0.05, 0.1) is 22.8 Å². The highest BCUT2D eigenvalue weighted by molar-refractivity contribution is 6.06. The highest BCUT2D eigenvalue weighted by Gasteiger charge is 2.16.